The minimum Gasteiger partial charge on any atom is -0.310 e. The zero-order chi connectivity index (χ0) is 79.9. The van der Waals surface area contributed by atoms with E-state index >= 15 is 0 Å². The van der Waals surface area contributed by atoms with E-state index in [4.69, 9.17) is 0 Å². The Morgan fingerprint density at radius 1 is 0.148 bits per heavy atom. The van der Waals surface area contributed by atoms with E-state index in [1.54, 1.807) is 0 Å². The van der Waals surface area contributed by atoms with Gasteiger partial charge in [0.15, 0.2) is 0 Å². The van der Waals surface area contributed by atoms with Gasteiger partial charge in [-0.3, -0.25) is 0 Å². The average molecular weight is 1580 g/mol. The van der Waals surface area contributed by atoms with Gasteiger partial charge in [-0.15, -0.1) is 22.7 Å². The van der Waals surface area contributed by atoms with Crippen molar-refractivity contribution >= 4 is 121 Å². The summed E-state index contributed by atoms with van der Waals surface area (Å²) in [6.45, 7) is 0. The van der Waals surface area contributed by atoms with Crippen LogP contribution < -0.4 is 9.80 Å². The maximum Gasteiger partial charge on any atom is 0.0725 e. The maximum atomic E-state index is 2.55. The van der Waals surface area contributed by atoms with Gasteiger partial charge in [0.05, 0.1) is 16.5 Å². The molecule has 4 aliphatic rings. The highest BCUT2D eigenvalue weighted by molar-refractivity contribution is 7.19. The summed E-state index contributed by atoms with van der Waals surface area (Å²) in [5, 5.41) is 14.8. The highest BCUT2D eigenvalue weighted by Crippen LogP contribution is 2.66. The molecule has 20 aromatic carbocycles. The van der Waals surface area contributed by atoms with Crippen LogP contribution >= 0.6 is 22.7 Å². The molecular formula is C118H72N2S2. The Morgan fingerprint density at radius 3 is 0.967 bits per heavy atom. The quantitative estimate of drug-likeness (QED) is 0.119. The van der Waals surface area contributed by atoms with E-state index in [0.717, 1.165) is 34.1 Å². The molecule has 2 spiro atoms. The van der Waals surface area contributed by atoms with Crippen LogP contribution in [0, 0.1) is 0 Å². The van der Waals surface area contributed by atoms with E-state index in [1.165, 1.54) is 207 Å². The fourth-order valence-electron chi connectivity index (χ4n) is 22.0. The number of hydrogen-bond donors (Lipinski definition) is 0. The summed E-state index contributed by atoms with van der Waals surface area (Å²) in [5.41, 5.74) is 33.4. The van der Waals surface area contributed by atoms with E-state index < -0.39 is 10.8 Å². The number of nitrogens with zero attached hydrogens (tertiary/aromatic N) is 2. The molecule has 0 radical (unpaired) electrons. The van der Waals surface area contributed by atoms with Gasteiger partial charge in [0, 0.05) is 53.5 Å². The summed E-state index contributed by atoms with van der Waals surface area (Å²) < 4.78 is 0. The van der Waals surface area contributed by atoms with Gasteiger partial charge in [-0.1, -0.05) is 334 Å². The first-order valence-corrected chi connectivity index (χ1v) is 43.9. The summed E-state index contributed by atoms with van der Waals surface area (Å²) in [5.74, 6) is 0. The molecular weight excluding hydrogens is 1510 g/mol. The molecule has 0 fully saturated rings. The predicted molar refractivity (Wildman–Crippen MR) is 516 cm³/mol. The number of hydrogen-bond acceptors (Lipinski definition) is 4. The molecule has 2 nitrogen and oxygen atoms in total. The molecule has 26 rings (SSSR count). The lowest BCUT2D eigenvalue weighted by atomic mass is 9.70. The minimum atomic E-state index is -0.619. The first-order valence-electron chi connectivity index (χ1n) is 42.2. The van der Waals surface area contributed by atoms with Gasteiger partial charge in [0.2, 0.25) is 0 Å². The molecule has 0 amide bonds. The van der Waals surface area contributed by atoms with Gasteiger partial charge in [-0.05, 0) is 285 Å². The van der Waals surface area contributed by atoms with Gasteiger partial charge in [0.1, 0.15) is 0 Å². The van der Waals surface area contributed by atoms with Gasteiger partial charge in [-0.25, -0.2) is 0 Å². The van der Waals surface area contributed by atoms with Gasteiger partial charge >= 0.3 is 0 Å². The molecule has 4 aliphatic carbocycles. The molecule has 0 saturated heterocycles. The zero-order valence-electron chi connectivity index (χ0n) is 66.3. The molecule has 22 aromatic rings. The van der Waals surface area contributed by atoms with Crippen LogP contribution in [0.3, 0.4) is 0 Å². The third-order valence-electron chi connectivity index (χ3n) is 27.1. The third kappa shape index (κ3) is 9.93. The molecule has 2 heterocycles. The van der Waals surface area contributed by atoms with Crippen molar-refractivity contribution in [3.8, 4) is 97.4 Å². The van der Waals surface area contributed by atoms with Crippen molar-refractivity contribution in [2.75, 3.05) is 9.80 Å². The van der Waals surface area contributed by atoms with Crippen LogP contribution in [0.25, 0.3) is 162 Å². The van der Waals surface area contributed by atoms with Crippen LogP contribution in [0.15, 0.2) is 437 Å². The second-order valence-electron chi connectivity index (χ2n) is 33.1. The van der Waals surface area contributed by atoms with Crippen LogP contribution in [-0.4, -0.2) is 0 Å². The monoisotopic (exact) mass is 1580 g/mol. The third-order valence-corrected chi connectivity index (χ3v) is 29.4. The number of anilines is 6. The Morgan fingerprint density at radius 2 is 0.459 bits per heavy atom. The largest absolute Gasteiger partial charge is 0.310 e. The van der Waals surface area contributed by atoms with Gasteiger partial charge < -0.3 is 9.80 Å². The second-order valence-corrected chi connectivity index (χ2v) is 35.3. The fraction of sp³-hybridized carbons (Fsp3) is 0.0169. The number of para-hydroxylation sites is 1. The highest BCUT2D eigenvalue weighted by Gasteiger charge is 2.54. The lowest BCUT2D eigenvalue weighted by Crippen LogP contribution is -2.26. The molecule has 1 atom stereocenters. The van der Waals surface area contributed by atoms with Crippen molar-refractivity contribution in [1.82, 2.24) is 0 Å². The Hall–Kier alpha value is -15.0. The molecule has 2 aromatic heterocycles. The van der Waals surface area contributed by atoms with Crippen LogP contribution in [0.1, 0.15) is 44.5 Å². The smallest absolute Gasteiger partial charge is 0.0725 e. The summed E-state index contributed by atoms with van der Waals surface area (Å²) in [7, 11) is 0. The van der Waals surface area contributed by atoms with Crippen molar-refractivity contribution in [1.29, 1.82) is 0 Å². The number of rotatable bonds is 11. The lowest BCUT2D eigenvalue weighted by Gasteiger charge is -2.32. The van der Waals surface area contributed by atoms with Crippen molar-refractivity contribution in [3.63, 3.8) is 0 Å². The Labute approximate surface area is 715 Å². The van der Waals surface area contributed by atoms with E-state index in [0.29, 0.717) is 0 Å². The Kier molecular flexibility index (Phi) is 15.1. The van der Waals surface area contributed by atoms with Crippen LogP contribution in [0.4, 0.5) is 34.1 Å². The highest BCUT2D eigenvalue weighted by atomic mass is 32.1. The fourth-order valence-corrected chi connectivity index (χ4v) is 24.1. The molecule has 566 valence electrons. The first kappa shape index (κ1) is 69.0. The molecule has 1 unspecified atom stereocenters. The molecule has 4 heteroatoms. The Bertz CT molecular complexity index is 8080. The van der Waals surface area contributed by atoms with E-state index in [1.807, 2.05) is 22.7 Å². The summed E-state index contributed by atoms with van der Waals surface area (Å²) >= 11 is 3.70. The first-order chi connectivity index (χ1) is 60.5. The van der Waals surface area contributed by atoms with E-state index in [9.17, 15) is 0 Å². The van der Waals surface area contributed by atoms with Crippen molar-refractivity contribution < 1.29 is 0 Å². The zero-order valence-corrected chi connectivity index (χ0v) is 67.9. The summed E-state index contributed by atoms with van der Waals surface area (Å²) in [6, 6.07) is 166. The molecule has 0 aliphatic heterocycles. The normalized spacial score (nSPS) is 14.0. The lowest BCUT2D eigenvalue weighted by molar-refractivity contribution is 0.794. The second kappa shape index (κ2) is 26.7. The average Bonchev–Trinajstić information content (AvgIpc) is 1.51. The number of fused-ring (bicyclic) bond motifs is 32. The predicted octanol–water partition coefficient (Wildman–Crippen LogP) is 32.7. The van der Waals surface area contributed by atoms with E-state index in [-0.39, 0.29) is 0 Å². The molecule has 0 saturated carbocycles. The standard InChI is InChI=1S/C118H72N2S2/c1-3-26-73(27-4-1)113-62-63-115(121-113)77-30-25-31-78(66-77)119(80-54-60-109-102(71-80)95-41-16-22-47-107(95)117(109)104-44-19-13-38-92(104)93-39-14-20-45-105(93)117)79-52-58-91-89-56-50-75(67-99(89)87-36-11-12-37-88(87)100(91)69-79)76-51-57-97-94-40-15-21-46-106(94)118(111(97)68-76)108-48-23-17-42-96(108)103-72-82(55-61-110(103)118)120(112-49-24-18-43-98(112)116-65-64-114(122-116)74-28-5-2-6-29-74)81-53-59-90-85-34-8-7-32-83(85)84-33-9-10-35-86(84)101(90)70-81/h1-72H. The summed E-state index contributed by atoms with van der Waals surface area (Å²) in [4.78, 5) is 9.99. The van der Waals surface area contributed by atoms with Crippen molar-refractivity contribution in [2.45, 2.75) is 10.8 Å². The molecule has 0 N–H and O–H groups in total. The number of benzene rings is 20. The van der Waals surface area contributed by atoms with Crippen molar-refractivity contribution in [2.24, 2.45) is 0 Å². The molecule has 122 heavy (non-hydrogen) atoms. The number of thiophene rings is 2. The van der Waals surface area contributed by atoms with Gasteiger partial charge in [0.25, 0.3) is 0 Å². The van der Waals surface area contributed by atoms with Crippen LogP contribution in [0.5, 0.6) is 0 Å². The van der Waals surface area contributed by atoms with E-state index in [2.05, 4.69) is 447 Å². The minimum absolute atomic E-state index is 0.456. The molecule has 0 bridgehead atoms. The Balaban J connectivity index is 0.619. The maximum absolute atomic E-state index is 2.55. The topological polar surface area (TPSA) is 6.48 Å². The van der Waals surface area contributed by atoms with Gasteiger partial charge in [-0.2, -0.15) is 0 Å². The SMILES string of the molecule is c1ccc(-c2ccc(-c3cccc(N(c4ccc5c(c4)-c4ccccc4C54c5ccccc5-c5ccccc54)c4ccc5c6ccc(-c7ccc8c(c7)C7(c9ccccc9-c9cc(N(c%10ccc%11c%12ccccc%12c%12ccccc%12c%11c%10)c%10ccccc%10-c%10ccc(-c%11ccccc%11)s%10)ccc97)c7ccccc7-8)cc6c6ccccc6c5c4)c3)s2)cc1. The van der Waals surface area contributed by atoms with Crippen LogP contribution in [0.2, 0.25) is 0 Å². The summed E-state index contributed by atoms with van der Waals surface area (Å²) in [6.07, 6.45) is 0. The van der Waals surface area contributed by atoms with Crippen LogP contribution in [-0.2, 0) is 10.8 Å². The van der Waals surface area contributed by atoms with Crippen molar-refractivity contribution in [3.05, 3.63) is 481 Å².